The smallest absolute Gasteiger partial charge is 0.0130 e. The van der Waals surface area contributed by atoms with E-state index in [0.29, 0.717) is 6.04 Å². The summed E-state index contributed by atoms with van der Waals surface area (Å²) in [6.45, 7) is 9.48. The molecule has 1 rings (SSSR count). The van der Waals surface area contributed by atoms with E-state index in [4.69, 9.17) is 0 Å². The van der Waals surface area contributed by atoms with Crippen LogP contribution >= 0.6 is 0 Å². The molecule has 0 spiro atoms. The lowest BCUT2D eigenvalue weighted by Gasteiger charge is -2.23. The topological polar surface area (TPSA) is 12.0 Å². The Labute approximate surface area is 82.6 Å². The zero-order chi connectivity index (χ0) is 9.68. The Hall–Kier alpha value is -0.300. The Bertz CT molecular complexity index is 153. The van der Waals surface area contributed by atoms with Crippen LogP contribution in [0.5, 0.6) is 0 Å². The van der Waals surface area contributed by atoms with Gasteiger partial charge in [-0.15, -0.1) is 6.58 Å². The van der Waals surface area contributed by atoms with Crippen molar-refractivity contribution in [2.75, 3.05) is 6.54 Å². The molecule has 0 heterocycles. The standard InChI is InChI=1S/C12H23N/c1-4-6-12(13-5-2)11-8-7-10(3)9-11/h4,10-13H,1,5-9H2,2-3H3. The zero-order valence-corrected chi connectivity index (χ0v) is 9.05. The van der Waals surface area contributed by atoms with Crippen molar-refractivity contribution < 1.29 is 0 Å². The Morgan fingerprint density at radius 1 is 1.54 bits per heavy atom. The van der Waals surface area contributed by atoms with Crippen LogP contribution in [0.4, 0.5) is 0 Å². The maximum absolute atomic E-state index is 3.83. The van der Waals surface area contributed by atoms with Gasteiger partial charge in [-0.1, -0.05) is 26.3 Å². The molecule has 1 saturated carbocycles. The highest BCUT2D eigenvalue weighted by Crippen LogP contribution is 2.33. The highest BCUT2D eigenvalue weighted by molar-refractivity contribution is 4.87. The second-order valence-corrected chi connectivity index (χ2v) is 4.37. The van der Waals surface area contributed by atoms with Gasteiger partial charge in [0.1, 0.15) is 0 Å². The van der Waals surface area contributed by atoms with Gasteiger partial charge in [-0.2, -0.15) is 0 Å². The first-order chi connectivity index (χ1) is 6.27. The Balaban J connectivity index is 2.39. The lowest BCUT2D eigenvalue weighted by atomic mass is 9.94. The molecule has 0 bridgehead atoms. The summed E-state index contributed by atoms with van der Waals surface area (Å²) >= 11 is 0. The quantitative estimate of drug-likeness (QED) is 0.643. The monoisotopic (exact) mass is 181 g/mol. The summed E-state index contributed by atoms with van der Waals surface area (Å²) in [7, 11) is 0. The molecule has 3 atom stereocenters. The molecule has 0 aromatic heterocycles. The van der Waals surface area contributed by atoms with Gasteiger partial charge in [0, 0.05) is 6.04 Å². The summed E-state index contributed by atoms with van der Waals surface area (Å²) in [5, 5.41) is 3.57. The maximum Gasteiger partial charge on any atom is 0.0130 e. The number of nitrogens with one attached hydrogen (secondary N) is 1. The summed E-state index contributed by atoms with van der Waals surface area (Å²) in [6, 6.07) is 0.687. The van der Waals surface area contributed by atoms with Crippen molar-refractivity contribution in [3.8, 4) is 0 Å². The van der Waals surface area contributed by atoms with E-state index in [1.54, 1.807) is 0 Å². The van der Waals surface area contributed by atoms with Gasteiger partial charge in [0.05, 0.1) is 0 Å². The van der Waals surface area contributed by atoms with Gasteiger partial charge in [0.25, 0.3) is 0 Å². The maximum atomic E-state index is 3.83. The van der Waals surface area contributed by atoms with E-state index in [-0.39, 0.29) is 0 Å². The average Bonchev–Trinajstić information content (AvgIpc) is 2.51. The number of hydrogen-bond donors (Lipinski definition) is 1. The SMILES string of the molecule is C=CCC(NCC)C1CCC(C)C1. The normalized spacial score (nSPS) is 30.3. The highest BCUT2D eigenvalue weighted by Gasteiger charge is 2.27. The van der Waals surface area contributed by atoms with Crippen molar-refractivity contribution in [3.05, 3.63) is 12.7 Å². The lowest BCUT2D eigenvalue weighted by Crippen LogP contribution is -2.34. The fourth-order valence-electron chi connectivity index (χ4n) is 2.50. The molecule has 1 aliphatic rings. The van der Waals surface area contributed by atoms with Crippen LogP contribution in [0.3, 0.4) is 0 Å². The van der Waals surface area contributed by atoms with Crippen LogP contribution < -0.4 is 5.32 Å². The molecule has 13 heavy (non-hydrogen) atoms. The van der Waals surface area contributed by atoms with E-state index in [2.05, 4.69) is 31.8 Å². The highest BCUT2D eigenvalue weighted by atomic mass is 14.9. The first-order valence-corrected chi connectivity index (χ1v) is 5.62. The molecular formula is C12H23N. The second kappa shape index (κ2) is 5.43. The molecule has 76 valence electrons. The van der Waals surface area contributed by atoms with Gasteiger partial charge in [0.2, 0.25) is 0 Å². The molecule has 1 heteroatoms. The van der Waals surface area contributed by atoms with E-state index in [0.717, 1.165) is 24.8 Å². The van der Waals surface area contributed by atoms with E-state index in [1.807, 2.05) is 0 Å². The van der Waals surface area contributed by atoms with Crippen LogP contribution in [0.15, 0.2) is 12.7 Å². The molecule has 3 unspecified atom stereocenters. The Morgan fingerprint density at radius 2 is 2.31 bits per heavy atom. The van der Waals surface area contributed by atoms with E-state index >= 15 is 0 Å². The van der Waals surface area contributed by atoms with Gasteiger partial charge >= 0.3 is 0 Å². The van der Waals surface area contributed by atoms with Crippen LogP contribution in [-0.2, 0) is 0 Å². The molecule has 0 radical (unpaired) electrons. The van der Waals surface area contributed by atoms with Crippen molar-refractivity contribution in [1.29, 1.82) is 0 Å². The molecule has 1 N–H and O–H groups in total. The first-order valence-electron chi connectivity index (χ1n) is 5.62. The van der Waals surface area contributed by atoms with Crippen molar-refractivity contribution in [2.45, 2.75) is 45.6 Å². The molecule has 0 aromatic carbocycles. The van der Waals surface area contributed by atoms with Gasteiger partial charge in [-0.3, -0.25) is 0 Å². The predicted octanol–water partition coefficient (Wildman–Crippen LogP) is 2.98. The van der Waals surface area contributed by atoms with Crippen LogP contribution in [0.25, 0.3) is 0 Å². The van der Waals surface area contributed by atoms with Crippen LogP contribution in [0, 0.1) is 11.8 Å². The lowest BCUT2D eigenvalue weighted by molar-refractivity contribution is 0.358. The van der Waals surface area contributed by atoms with Crippen molar-refractivity contribution in [3.63, 3.8) is 0 Å². The summed E-state index contributed by atoms with van der Waals surface area (Å²) in [6.07, 6.45) is 7.42. The number of hydrogen-bond acceptors (Lipinski definition) is 1. The molecule has 0 aromatic rings. The van der Waals surface area contributed by atoms with Crippen molar-refractivity contribution in [2.24, 2.45) is 11.8 Å². The van der Waals surface area contributed by atoms with Crippen molar-refractivity contribution >= 4 is 0 Å². The first kappa shape index (κ1) is 10.8. The predicted molar refractivity (Wildman–Crippen MR) is 58.8 cm³/mol. The van der Waals surface area contributed by atoms with E-state index in [1.165, 1.54) is 19.3 Å². The van der Waals surface area contributed by atoms with Gasteiger partial charge in [0.15, 0.2) is 0 Å². The Kier molecular flexibility index (Phi) is 4.51. The van der Waals surface area contributed by atoms with Crippen LogP contribution in [0.2, 0.25) is 0 Å². The minimum Gasteiger partial charge on any atom is -0.314 e. The third-order valence-corrected chi connectivity index (χ3v) is 3.19. The minimum absolute atomic E-state index is 0.687. The third-order valence-electron chi connectivity index (χ3n) is 3.19. The van der Waals surface area contributed by atoms with E-state index in [9.17, 15) is 0 Å². The third kappa shape index (κ3) is 3.15. The molecule has 0 saturated heterocycles. The summed E-state index contributed by atoms with van der Waals surface area (Å²) < 4.78 is 0. The van der Waals surface area contributed by atoms with E-state index < -0.39 is 0 Å². The summed E-state index contributed by atoms with van der Waals surface area (Å²) in [5.41, 5.74) is 0. The largest absolute Gasteiger partial charge is 0.314 e. The average molecular weight is 181 g/mol. The molecule has 1 aliphatic carbocycles. The summed E-state index contributed by atoms with van der Waals surface area (Å²) in [5.74, 6) is 1.84. The molecule has 0 aliphatic heterocycles. The van der Waals surface area contributed by atoms with Gasteiger partial charge in [-0.05, 0) is 37.6 Å². The molecule has 1 nitrogen and oxygen atoms in total. The van der Waals surface area contributed by atoms with Crippen LogP contribution in [-0.4, -0.2) is 12.6 Å². The number of rotatable bonds is 5. The van der Waals surface area contributed by atoms with Gasteiger partial charge in [-0.25, -0.2) is 0 Å². The second-order valence-electron chi connectivity index (χ2n) is 4.37. The molecule has 1 fully saturated rings. The zero-order valence-electron chi connectivity index (χ0n) is 9.05. The fraction of sp³-hybridized carbons (Fsp3) is 0.833. The molecule has 0 amide bonds. The summed E-state index contributed by atoms with van der Waals surface area (Å²) in [4.78, 5) is 0. The minimum atomic E-state index is 0.687. The van der Waals surface area contributed by atoms with Crippen molar-refractivity contribution in [1.82, 2.24) is 5.32 Å². The van der Waals surface area contributed by atoms with Gasteiger partial charge < -0.3 is 5.32 Å². The fourth-order valence-corrected chi connectivity index (χ4v) is 2.50. The van der Waals surface area contributed by atoms with Crippen LogP contribution in [0.1, 0.15) is 39.5 Å². The molecular weight excluding hydrogens is 158 g/mol. The Morgan fingerprint density at radius 3 is 2.77 bits per heavy atom.